The third-order valence-electron chi connectivity index (χ3n) is 5.14. The van der Waals surface area contributed by atoms with Gasteiger partial charge in [-0.15, -0.1) is 0 Å². The average Bonchev–Trinajstić information content (AvgIpc) is 3.08. The van der Waals surface area contributed by atoms with Gasteiger partial charge in [-0.3, -0.25) is 9.59 Å². The van der Waals surface area contributed by atoms with Crippen molar-refractivity contribution < 1.29 is 9.59 Å². The lowest BCUT2D eigenvalue weighted by molar-refractivity contribution is -0.142. The second-order valence-electron chi connectivity index (χ2n) is 7.19. The summed E-state index contributed by atoms with van der Waals surface area (Å²) in [5.74, 6) is 1.13. The molecule has 21 heavy (non-hydrogen) atoms. The lowest BCUT2D eigenvalue weighted by atomic mass is 9.88. The van der Waals surface area contributed by atoms with Crippen molar-refractivity contribution in [2.75, 3.05) is 26.2 Å². The van der Waals surface area contributed by atoms with Gasteiger partial charge in [-0.05, 0) is 25.2 Å². The zero-order valence-electron chi connectivity index (χ0n) is 13.2. The SMILES string of the molecule is CC(C)CC(=O)N1CCN(C(=O)C2CC3CCC2N3)CC1. The minimum absolute atomic E-state index is 0.182. The van der Waals surface area contributed by atoms with Gasteiger partial charge in [0.2, 0.25) is 11.8 Å². The van der Waals surface area contributed by atoms with E-state index in [9.17, 15) is 9.59 Å². The molecule has 0 aliphatic carbocycles. The summed E-state index contributed by atoms with van der Waals surface area (Å²) in [6.45, 7) is 6.95. The summed E-state index contributed by atoms with van der Waals surface area (Å²) in [6.07, 6.45) is 4.00. The van der Waals surface area contributed by atoms with Crippen molar-refractivity contribution in [2.45, 2.75) is 51.6 Å². The van der Waals surface area contributed by atoms with E-state index in [-0.39, 0.29) is 11.8 Å². The number of nitrogens with one attached hydrogen (secondary N) is 1. The zero-order chi connectivity index (χ0) is 15.0. The van der Waals surface area contributed by atoms with E-state index in [4.69, 9.17) is 0 Å². The summed E-state index contributed by atoms with van der Waals surface area (Å²) in [7, 11) is 0. The Morgan fingerprint density at radius 1 is 1.10 bits per heavy atom. The Labute approximate surface area is 127 Å². The standard InChI is InChI=1S/C16H27N3O2/c1-11(2)9-15(20)18-5-7-19(8-6-18)16(21)13-10-12-3-4-14(13)17-12/h11-14,17H,3-10H2,1-2H3. The summed E-state index contributed by atoms with van der Waals surface area (Å²) < 4.78 is 0. The zero-order valence-corrected chi connectivity index (χ0v) is 13.2. The molecule has 5 heteroatoms. The van der Waals surface area contributed by atoms with Crippen LogP contribution >= 0.6 is 0 Å². The molecule has 3 unspecified atom stereocenters. The number of carbonyl (C=O) groups excluding carboxylic acids is 2. The summed E-state index contributed by atoms with van der Waals surface area (Å²) in [6, 6.07) is 0.973. The predicted octanol–water partition coefficient (Wildman–Crippen LogP) is 0.844. The van der Waals surface area contributed by atoms with Crippen LogP contribution in [0.3, 0.4) is 0 Å². The van der Waals surface area contributed by atoms with Crippen molar-refractivity contribution in [3.05, 3.63) is 0 Å². The summed E-state index contributed by atoms with van der Waals surface area (Å²) in [4.78, 5) is 28.6. The van der Waals surface area contributed by atoms with E-state index >= 15 is 0 Å². The first-order valence-corrected chi connectivity index (χ1v) is 8.37. The maximum atomic E-state index is 12.6. The second-order valence-corrected chi connectivity index (χ2v) is 7.19. The number of nitrogens with zero attached hydrogens (tertiary/aromatic N) is 2. The first-order valence-electron chi connectivity index (χ1n) is 8.37. The molecular weight excluding hydrogens is 266 g/mol. The third-order valence-corrected chi connectivity index (χ3v) is 5.14. The van der Waals surface area contributed by atoms with Crippen molar-refractivity contribution in [1.82, 2.24) is 15.1 Å². The highest BCUT2D eigenvalue weighted by atomic mass is 16.2. The molecular formula is C16H27N3O2. The molecule has 0 aromatic heterocycles. The van der Waals surface area contributed by atoms with Gasteiger partial charge in [0.25, 0.3) is 0 Å². The van der Waals surface area contributed by atoms with Crippen LogP contribution in [0.1, 0.15) is 39.5 Å². The van der Waals surface area contributed by atoms with Crippen molar-refractivity contribution in [1.29, 1.82) is 0 Å². The lowest BCUT2D eigenvalue weighted by Crippen LogP contribution is -2.53. The normalized spacial score (nSPS) is 32.0. The molecule has 2 bridgehead atoms. The van der Waals surface area contributed by atoms with Crippen LogP contribution in [0, 0.1) is 11.8 Å². The van der Waals surface area contributed by atoms with Crippen molar-refractivity contribution in [3.8, 4) is 0 Å². The van der Waals surface area contributed by atoms with Crippen LogP contribution < -0.4 is 5.32 Å². The molecule has 5 nitrogen and oxygen atoms in total. The number of fused-ring (bicyclic) bond motifs is 2. The number of hydrogen-bond donors (Lipinski definition) is 1. The summed E-state index contributed by atoms with van der Waals surface area (Å²) in [5.41, 5.74) is 0. The molecule has 0 radical (unpaired) electrons. The highest BCUT2D eigenvalue weighted by Gasteiger charge is 2.44. The molecule has 3 aliphatic rings. The van der Waals surface area contributed by atoms with Gasteiger partial charge in [-0.2, -0.15) is 0 Å². The molecule has 3 heterocycles. The average molecular weight is 293 g/mol. The van der Waals surface area contributed by atoms with Gasteiger partial charge in [0.05, 0.1) is 5.92 Å². The maximum absolute atomic E-state index is 12.6. The Hall–Kier alpha value is -1.10. The van der Waals surface area contributed by atoms with Crippen LogP contribution in [0.15, 0.2) is 0 Å². The van der Waals surface area contributed by atoms with Gasteiger partial charge in [-0.1, -0.05) is 13.8 Å². The molecule has 2 amide bonds. The Bertz CT molecular complexity index is 416. The maximum Gasteiger partial charge on any atom is 0.227 e. The minimum atomic E-state index is 0.182. The van der Waals surface area contributed by atoms with E-state index < -0.39 is 0 Å². The molecule has 1 N–H and O–H groups in total. The first kappa shape index (κ1) is 14.8. The Morgan fingerprint density at radius 3 is 2.29 bits per heavy atom. The van der Waals surface area contributed by atoms with E-state index in [1.54, 1.807) is 0 Å². The fourth-order valence-corrected chi connectivity index (χ4v) is 3.99. The molecule has 3 saturated heterocycles. The van der Waals surface area contributed by atoms with Crippen LogP contribution in [0.2, 0.25) is 0 Å². The molecule has 3 aliphatic heterocycles. The smallest absolute Gasteiger partial charge is 0.227 e. The molecule has 3 rings (SSSR count). The van der Waals surface area contributed by atoms with Crippen LogP contribution in [0.5, 0.6) is 0 Å². The summed E-state index contributed by atoms with van der Waals surface area (Å²) >= 11 is 0. The van der Waals surface area contributed by atoms with Crippen molar-refractivity contribution in [3.63, 3.8) is 0 Å². The van der Waals surface area contributed by atoms with Crippen LogP contribution in [0.4, 0.5) is 0 Å². The fourth-order valence-electron chi connectivity index (χ4n) is 3.99. The number of amides is 2. The van der Waals surface area contributed by atoms with E-state index in [0.717, 1.165) is 12.8 Å². The number of piperazine rings is 1. The van der Waals surface area contributed by atoms with Crippen LogP contribution in [-0.2, 0) is 9.59 Å². The van der Waals surface area contributed by atoms with E-state index in [0.29, 0.717) is 56.5 Å². The largest absolute Gasteiger partial charge is 0.339 e. The van der Waals surface area contributed by atoms with E-state index in [1.807, 2.05) is 9.80 Å². The lowest BCUT2D eigenvalue weighted by Gasteiger charge is -2.37. The molecule has 0 spiro atoms. The molecule has 0 saturated carbocycles. The predicted molar refractivity (Wildman–Crippen MR) is 80.7 cm³/mol. The molecule has 3 fully saturated rings. The van der Waals surface area contributed by atoms with Gasteiger partial charge < -0.3 is 15.1 Å². The van der Waals surface area contributed by atoms with Gasteiger partial charge in [-0.25, -0.2) is 0 Å². The van der Waals surface area contributed by atoms with Gasteiger partial charge >= 0.3 is 0 Å². The molecule has 3 atom stereocenters. The number of carbonyl (C=O) groups is 2. The monoisotopic (exact) mass is 293 g/mol. The van der Waals surface area contributed by atoms with Crippen molar-refractivity contribution in [2.24, 2.45) is 11.8 Å². The van der Waals surface area contributed by atoms with Crippen LogP contribution in [0.25, 0.3) is 0 Å². The van der Waals surface area contributed by atoms with E-state index in [1.165, 1.54) is 6.42 Å². The molecule has 118 valence electrons. The quantitative estimate of drug-likeness (QED) is 0.839. The molecule has 0 aromatic carbocycles. The third kappa shape index (κ3) is 3.07. The highest BCUT2D eigenvalue weighted by Crippen LogP contribution is 2.34. The number of hydrogen-bond acceptors (Lipinski definition) is 3. The molecule has 0 aromatic rings. The Balaban J connectivity index is 1.49. The first-order chi connectivity index (χ1) is 10.0. The second kappa shape index (κ2) is 5.95. The van der Waals surface area contributed by atoms with Crippen molar-refractivity contribution >= 4 is 11.8 Å². The Morgan fingerprint density at radius 2 is 1.76 bits per heavy atom. The van der Waals surface area contributed by atoms with Crippen LogP contribution in [-0.4, -0.2) is 59.9 Å². The van der Waals surface area contributed by atoms with Gasteiger partial charge in [0.1, 0.15) is 0 Å². The highest BCUT2D eigenvalue weighted by molar-refractivity contribution is 5.81. The fraction of sp³-hybridized carbons (Fsp3) is 0.875. The number of rotatable bonds is 3. The minimum Gasteiger partial charge on any atom is -0.339 e. The summed E-state index contributed by atoms with van der Waals surface area (Å²) in [5, 5.41) is 3.53. The van der Waals surface area contributed by atoms with E-state index in [2.05, 4.69) is 19.2 Å². The topological polar surface area (TPSA) is 52.7 Å². The van der Waals surface area contributed by atoms with Gasteiger partial charge in [0, 0.05) is 44.7 Å². The Kier molecular flexibility index (Phi) is 4.20. The van der Waals surface area contributed by atoms with Gasteiger partial charge in [0.15, 0.2) is 0 Å².